The highest BCUT2D eigenvalue weighted by Crippen LogP contribution is 2.32. The quantitative estimate of drug-likeness (QED) is 0.925. The van der Waals surface area contributed by atoms with Crippen LogP contribution in [0.2, 0.25) is 0 Å². The zero-order valence-corrected chi connectivity index (χ0v) is 11.7. The summed E-state index contributed by atoms with van der Waals surface area (Å²) in [5, 5.41) is 3.48. The molecule has 1 aromatic carbocycles. The van der Waals surface area contributed by atoms with Crippen molar-refractivity contribution in [3.8, 4) is 0 Å². The summed E-state index contributed by atoms with van der Waals surface area (Å²) in [5.74, 6) is 0.738. The molecule has 2 nitrogen and oxygen atoms in total. The van der Waals surface area contributed by atoms with Crippen LogP contribution in [0.3, 0.4) is 0 Å². The molecule has 0 aliphatic heterocycles. The van der Waals surface area contributed by atoms with E-state index in [2.05, 4.69) is 39.4 Å². The fourth-order valence-electron chi connectivity index (χ4n) is 2.18. The van der Waals surface area contributed by atoms with E-state index < -0.39 is 10.8 Å². The predicted molar refractivity (Wildman–Crippen MR) is 72.1 cm³/mol. The van der Waals surface area contributed by atoms with E-state index in [1.807, 2.05) is 0 Å². The number of hydrogen-bond donors (Lipinski definition) is 1. The van der Waals surface area contributed by atoms with Crippen LogP contribution >= 0.6 is 15.9 Å². The number of benzene rings is 1. The number of halogens is 1. The first-order valence-corrected chi connectivity index (χ1v) is 8.00. The van der Waals surface area contributed by atoms with Crippen molar-refractivity contribution in [1.29, 1.82) is 0 Å². The minimum atomic E-state index is -0.697. The van der Waals surface area contributed by atoms with Crippen molar-refractivity contribution in [3.63, 3.8) is 0 Å². The van der Waals surface area contributed by atoms with Crippen molar-refractivity contribution >= 4 is 26.7 Å². The molecule has 0 saturated carbocycles. The summed E-state index contributed by atoms with van der Waals surface area (Å²) in [6.07, 6.45) is 4.05. The fraction of sp³-hybridized carbons (Fsp3) is 0.500. The molecule has 0 bridgehead atoms. The van der Waals surface area contributed by atoms with Gasteiger partial charge in [-0.05, 0) is 36.1 Å². The Balaban J connectivity index is 1.98. The molecule has 1 aliphatic carbocycles. The zero-order chi connectivity index (χ0) is 11.5. The van der Waals surface area contributed by atoms with Crippen molar-refractivity contribution in [3.05, 3.63) is 33.8 Å². The van der Waals surface area contributed by atoms with Gasteiger partial charge in [0.2, 0.25) is 0 Å². The fourth-order valence-corrected chi connectivity index (χ4v) is 2.99. The molecule has 0 heterocycles. The molecule has 88 valence electrons. The normalized spacial score (nSPS) is 20.8. The molecule has 1 N–H and O–H groups in total. The lowest BCUT2D eigenvalue weighted by Crippen LogP contribution is -2.24. The highest BCUT2D eigenvalue weighted by molar-refractivity contribution is 9.10. The molecule has 0 saturated heterocycles. The Morgan fingerprint density at radius 3 is 3.12 bits per heavy atom. The molecular formula is C12H16BrNOS. The van der Waals surface area contributed by atoms with Crippen molar-refractivity contribution in [2.24, 2.45) is 0 Å². The molecule has 1 aliphatic rings. The van der Waals surface area contributed by atoms with Gasteiger partial charge in [-0.1, -0.05) is 22.0 Å². The summed E-state index contributed by atoms with van der Waals surface area (Å²) in [6.45, 7) is 0.837. The molecule has 0 radical (unpaired) electrons. The van der Waals surface area contributed by atoms with Crippen molar-refractivity contribution in [1.82, 2.24) is 5.32 Å². The second kappa shape index (κ2) is 5.43. The first-order valence-electron chi connectivity index (χ1n) is 5.48. The predicted octanol–water partition coefficient (Wildman–Crippen LogP) is 2.40. The maximum absolute atomic E-state index is 11.0. The number of nitrogens with one attached hydrogen (secondary N) is 1. The third-order valence-electron chi connectivity index (χ3n) is 2.96. The van der Waals surface area contributed by atoms with E-state index in [0.29, 0.717) is 6.04 Å². The third kappa shape index (κ3) is 2.93. The van der Waals surface area contributed by atoms with Gasteiger partial charge >= 0.3 is 0 Å². The maximum atomic E-state index is 11.0. The van der Waals surface area contributed by atoms with E-state index in [9.17, 15) is 4.21 Å². The van der Waals surface area contributed by atoms with E-state index in [1.54, 1.807) is 6.26 Å². The molecule has 16 heavy (non-hydrogen) atoms. The van der Waals surface area contributed by atoms with Crippen molar-refractivity contribution in [2.75, 3.05) is 18.6 Å². The van der Waals surface area contributed by atoms with Gasteiger partial charge in [-0.3, -0.25) is 4.21 Å². The number of fused-ring (bicyclic) bond motifs is 1. The van der Waals surface area contributed by atoms with E-state index in [4.69, 9.17) is 0 Å². The summed E-state index contributed by atoms with van der Waals surface area (Å²) in [6, 6.07) is 6.94. The van der Waals surface area contributed by atoms with Gasteiger partial charge in [0.25, 0.3) is 0 Å². The van der Waals surface area contributed by atoms with Crippen LogP contribution in [0.1, 0.15) is 23.6 Å². The van der Waals surface area contributed by atoms with Crippen LogP contribution in [0.15, 0.2) is 22.7 Å². The van der Waals surface area contributed by atoms with E-state index in [1.165, 1.54) is 11.1 Å². The largest absolute Gasteiger partial charge is 0.309 e. The van der Waals surface area contributed by atoms with Gasteiger partial charge in [-0.15, -0.1) is 0 Å². The Labute approximate surface area is 107 Å². The maximum Gasteiger partial charge on any atom is 0.0357 e. The molecule has 0 amide bonds. The Bertz CT molecular complexity index is 408. The van der Waals surface area contributed by atoms with Crippen LogP contribution in [0.25, 0.3) is 0 Å². The lowest BCUT2D eigenvalue weighted by Gasteiger charge is -2.13. The molecule has 2 unspecified atom stereocenters. The second-order valence-corrected chi connectivity index (χ2v) is 6.64. The molecule has 2 rings (SSSR count). The van der Waals surface area contributed by atoms with E-state index >= 15 is 0 Å². The van der Waals surface area contributed by atoms with Crippen LogP contribution in [0.4, 0.5) is 0 Å². The molecule has 0 aromatic heterocycles. The summed E-state index contributed by atoms with van der Waals surface area (Å²) < 4.78 is 12.1. The third-order valence-corrected chi connectivity index (χ3v) is 4.24. The van der Waals surface area contributed by atoms with Gasteiger partial charge in [0.05, 0.1) is 0 Å². The Morgan fingerprint density at radius 1 is 1.56 bits per heavy atom. The van der Waals surface area contributed by atoms with Gasteiger partial charge in [0.15, 0.2) is 0 Å². The number of rotatable bonds is 4. The lowest BCUT2D eigenvalue weighted by molar-refractivity contribution is 0.549. The minimum absolute atomic E-state index is 0.451. The van der Waals surface area contributed by atoms with Crippen LogP contribution in [0.5, 0.6) is 0 Å². The Kier molecular flexibility index (Phi) is 4.16. The molecule has 2 atom stereocenters. The smallest absolute Gasteiger partial charge is 0.0357 e. The van der Waals surface area contributed by atoms with E-state index in [-0.39, 0.29) is 0 Å². The summed E-state index contributed by atoms with van der Waals surface area (Å²) in [7, 11) is -0.697. The molecule has 4 heteroatoms. The van der Waals surface area contributed by atoms with Gasteiger partial charge in [-0.25, -0.2) is 0 Å². The zero-order valence-electron chi connectivity index (χ0n) is 9.33. The SMILES string of the molecule is CS(=O)CCNC1CCc2cc(Br)ccc21. The second-order valence-electron chi connectivity index (χ2n) is 4.17. The van der Waals surface area contributed by atoms with Crippen LogP contribution in [-0.4, -0.2) is 22.8 Å². The van der Waals surface area contributed by atoms with Gasteiger partial charge in [0.1, 0.15) is 0 Å². The van der Waals surface area contributed by atoms with Gasteiger partial charge in [-0.2, -0.15) is 0 Å². The highest BCUT2D eigenvalue weighted by Gasteiger charge is 2.21. The Hall–Kier alpha value is -0.190. The lowest BCUT2D eigenvalue weighted by atomic mass is 10.1. The highest BCUT2D eigenvalue weighted by atomic mass is 79.9. The van der Waals surface area contributed by atoms with E-state index in [0.717, 1.165) is 29.6 Å². The first kappa shape index (κ1) is 12.3. The number of aryl methyl sites for hydroxylation is 1. The molecule has 0 fully saturated rings. The molecular weight excluding hydrogens is 286 g/mol. The first-order chi connectivity index (χ1) is 7.66. The molecule has 1 aromatic rings. The standard InChI is InChI=1S/C12H16BrNOS/c1-16(15)7-6-14-12-5-2-9-8-10(13)3-4-11(9)12/h3-4,8,12,14H,2,5-7H2,1H3. The topological polar surface area (TPSA) is 29.1 Å². The molecule has 0 spiro atoms. The van der Waals surface area contributed by atoms with Gasteiger partial charge in [0, 0.05) is 39.9 Å². The van der Waals surface area contributed by atoms with Crippen LogP contribution in [0, 0.1) is 0 Å². The average molecular weight is 302 g/mol. The minimum Gasteiger partial charge on any atom is -0.309 e. The monoisotopic (exact) mass is 301 g/mol. The van der Waals surface area contributed by atoms with Crippen LogP contribution < -0.4 is 5.32 Å². The summed E-state index contributed by atoms with van der Waals surface area (Å²) in [4.78, 5) is 0. The summed E-state index contributed by atoms with van der Waals surface area (Å²) in [5.41, 5.74) is 2.84. The van der Waals surface area contributed by atoms with Crippen molar-refractivity contribution in [2.45, 2.75) is 18.9 Å². The van der Waals surface area contributed by atoms with Gasteiger partial charge < -0.3 is 5.32 Å². The average Bonchev–Trinajstić information content (AvgIpc) is 2.60. The van der Waals surface area contributed by atoms with Crippen LogP contribution in [-0.2, 0) is 17.2 Å². The Morgan fingerprint density at radius 2 is 2.38 bits per heavy atom. The van der Waals surface area contributed by atoms with Crippen molar-refractivity contribution < 1.29 is 4.21 Å². The summed E-state index contributed by atoms with van der Waals surface area (Å²) >= 11 is 3.50. The number of hydrogen-bond acceptors (Lipinski definition) is 2.